The summed E-state index contributed by atoms with van der Waals surface area (Å²) in [5.41, 5.74) is 0. The summed E-state index contributed by atoms with van der Waals surface area (Å²) in [6.07, 6.45) is 7.28. The van der Waals surface area contributed by atoms with E-state index in [2.05, 4.69) is 5.32 Å². The number of carboxylic acid groups (broad SMARTS) is 1. The van der Waals surface area contributed by atoms with Crippen LogP contribution >= 0.6 is 0 Å². The number of nitrogens with one attached hydrogen (secondary N) is 1. The molecule has 3 aliphatic rings. The lowest BCUT2D eigenvalue weighted by atomic mass is 9.86. The first-order valence-electron chi connectivity index (χ1n) is 8.56. The van der Waals surface area contributed by atoms with Crippen LogP contribution in [-0.4, -0.2) is 53.3 Å². The van der Waals surface area contributed by atoms with Gasteiger partial charge in [0, 0.05) is 19.2 Å². The van der Waals surface area contributed by atoms with Crippen LogP contribution in [0.25, 0.3) is 0 Å². The van der Waals surface area contributed by atoms with Gasteiger partial charge in [0.2, 0.25) is 0 Å². The lowest BCUT2D eigenvalue weighted by Gasteiger charge is -2.32. The topological polar surface area (TPSA) is 78.9 Å². The van der Waals surface area contributed by atoms with Crippen LogP contribution < -0.4 is 5.32 Å². The van der Waals surface area contributed by atoms with Crippen molar-refractivity contribution in [2.45, 2.75) is 69.6 Å². The third-order valence-corrected chi connectivity index (χ3v) is 5.36. The predicted molar refractivity (Wildman–Crippen MR) is 80.6 cm³/mol. The summed E-state index contributed by atoms with van der Waals surface area (Å²) in [6.45, 7) is 1.62. The zero-order valence-corrected chi connectivity index (χ0v) is 13.0. The Labute approximate surface area is 131 Å². The van der Waals surface area contributed by atoms with Crippen molar-refractivity contribution in [3.63, 3.8) is 0 Å². The summed E-state index contributed by atoms with van der Waals surface area (Å²) in [6, 6.07) is 0.350. The fourth-order valence-corrected chi connectivity index (χ4v) is 4.08. The number of aliphatic carboxylic acids is 1. The average Bonchev–Trinajstić information content (AvgIpc) is 3.18. The molecule has 0 bridgehead atoms. The lowest BCUT2D eigenvalue weighted by molar-refractivity contribution is -0.142. The molecule has 2 amide bonds. The van der Waals surface area contributed by atoms with Crippen LogP contribution in [-0.2, 0) is 9.53 Å². The van der Waals surface area contributed by atoms with Crippen molar-refractivity contribution in [1.82, 2.24) is 10.2 Å². The van der Waals surface area contributed by atoms with Crippen molar-refractivity contribution < 1.29 is 19.4 Å². The molecule has 22 heavy (non-hydrogen) atoms. The maximum absolute atomic E-state index is 12.5. The smallest absolute Gasteiger partial charge is 0.317 e. The number of amides is 2. The Morgan fingerprint density at radius 1 is 1.05 bits per heavy atom. The zero-order valence-electron chi connectivity index (χ0n) is 13.0. The quantitative estimate of drug-likeness (QED) is 0.835. The third kappa shape index (κ3) is 3.37. The Morgan fingerprint density at radius 3 is 2.45 bits per heavy atom. The Bertz CT molecular complexity index is 414. The van der Waals surface area contributed by atoms with Crippen molar-refractivity contribution in [2.24, 2.45) is 5.92 Å². The molecule has 2 aliphatic heterocycles. The summed E-state index contributed by atoms with van der Waals surface area (Å²) in [4.78, 5) is 25.5. The minimum Gasteiger partial charge on any atom is -0.481 e. The molecule has 124 valence electrons. The van der Waals surface area contributed by atoms with E-state index in [1.165, 1.54) is 0 Å². The normalized spacial score (nSPS) is 35.5. The van der Waals surface area contributed by atoms with Crippen molar-refractivity contribution in [1.29, 1.82) is 0 Å². The Morgan fingerprint density at radius 2 is 1.82 bits per heavy atom. The highest BCUT2D eigenvalue weighted by Gasteiger charge is 2.37. The van der Waals surface area contributed by atoms with Gasteiger partial charge in [0.25, 0.3) is 0 Å². The number of carbonyl (C=O) groups is 2. The molecule has 1 saturated carbocycles. The third-order valence-electron chi connectivity index (χ3n) is 5.36. The molecule has 3 fully saturated rings. The molecular formula is C16H26N2O4. The lowest BCUT2D eigenvalue weighted by Crippen LogP contribution is -2.50. The molecule has 0 spiro atoms. The van der Waals surface area contributed by atoms with E-state index in [1.54, 1.807) is 0 Å². The van der Waals surface area contributed by atoms with Gasteiger partial charge in [-0.05, 0) is 51.4 Å². The number of hydrogen-bond donors (Lipinski definition) is 2. The number of rotatable bonds is 3. The number of nitrogens with zero attached hydrogens (tertiary/aromatic N) is 1. The van der Waals surface area contributed by atoms with E-state index >= 15 is 0 Å². The van der Waals surface area contributed by atoms with Gasteiger partial charge in [-0.3, -0.25) is 4.79 Å². The minimum atomic E-state index is -0.706. The SMILES string of the molecule is O=C(O)C1CCC(NC(=O)N2CCCC2C2CCCO2)CC1. The standard InChI is InChI=1S/C16H26N2O4/c19-15(20)11-5-7-12(8-6-11)17-16(21)18-9-1-3-13(18)14-4-2-10-22-14/h11-14H,1-10H2,(H,17,21)(H,19,20). The first-order chi connectivity index (χ1) is 10.6. The number of likely N-dealkylation sites (tertiary alicyclic amines) is 1. The second-order valence-corrected chi connectivity index (χ2v) is 6.79. The second-order valence-electron chi connectivity index (χ2n) is 6.79. The highest BCUT2D eigenvalue weighted by molar-refractivity contribution is 5.75. The number of carboxylic acids is 1. The first-order valence-corrected chi connectivity index (χ1v) is 8.56. The van der Waals surface area contributed by atoms with Crippen LogP contribution in [0, 0.1) is 5.92 Å². The van der Waals surface area contributed by atoms with Gasteiger partial charge in [0.15, 0.2) is 0 Å². The molecule has 2 unspecified atom stereocenters. The highest BCUT2D eigenvalue weighted by Crippen LogP contribution is 2.29. The van der Waals surface area contributed by atoms with Crippen LogP contribution in [0.4, 0.5) is 4.79 Å². The molecule has 1 aliphatic carbocycles. The van der Waals surface area contributed by atoms with Gasteiger partial charge in [0.1, 0.15) is 0 Å². The minimum absolute atomic E-state index is 0.0109. The molecule has 2 heterocycles. The maximum atomic E-state index is 12.5. The fourth-order valence-electron chi connectivity index (χ4n) is 4.08. The van der Waals surface area contributed by atoms with Gasteiger partial charge in [-0.25, -0.2) is 4.79 Å². The van der Waals surface area contributed by atoms with Gasteiger partial charge < -0.3 is 20.1 Å². The van der Waals surface area contributed by atoms with E-state index in [0.29, 0.717) is 12.8 Å². The van der Waals surface area contributed by atoms with Crippen molar-refractivity contribution in [3.05, 3.63) is 0 Å². The number of carbonyl (C=O) groups excluding carboxylic acids is 1. The summed E-state index contributed by atoms with van der Waals surface area (Å²) >= 11 is 0. The molecule has 2 saturated heterocycles. The monoisotopic (exact) mass is 310 g/mol. The molecule has 0 aromatic rings. The van der Waals surface area contributed by atoms with Crippen LogP contribution in [0.3, 0.4) is 0 Å². The summed E-state index contributed by atoms with van der Waals surface area (Å²) in [7, 11) is 0. The number of hydrogen-bond acceptors (Lipinski definition) is 3. The maximum Gasteiger partial charge on any atom is 0.317 e. The van der Waals surface area contributed by atoms with E-state index in [4.69, 9.17) is 9.84 Å². The highest BCUT2D eigenvalue weighted by atomic mass is 16.5. The molecule has 6 heteroatoms. The molecule has 6 nitrogen and oxygen atoms in total. The van der Waals surface area contributed by atoms with E-state index in [9.17, 15) is 9.59 Å². The zero-order chi connectivity index (χ0) is 15.5. The molecule has 2 N–H and O–H groups in total. The second kappa shape index (κ2) is 6.86. The number of ether oxygens (including phenoxy) is 1. The molecule has 0 aromatic carbocycles. The molecular weight excluding hydrogens is 284 g/mol. The van der Waals surface area contributed by atoms with Gasteiger partial charge >= 0.3 is 12.0 Å². The molecule has 0 aromatic heterocycles. The summed E-state index contributed by atoms with van der Waals surface area (Å²) in [5, 5.41) is 12.1. The summed E-state index contributed by atoms with van der Waals surface area (Å²) in [5.74, 6) is -0.942. The predicted octanol–water partition coefficient (Wildman–Crippen LogP) is 1.98. The van der Waals surface area contributed by atoms with Crippen molar-refractivity contribution in [2.75, 3.05) is 13.2 Å². The Kier molecular flexibility index (Phi) is 4.86. The van der Waals surface area contributed by atoms with E-state index in [0.717, 1.165) is 51.7 Å². The van der Waals surface area contributed by atoms with Crippen molar-refractivity contribution >= 4 is 12.0 Å². The molecule has 2 atom stereocenters. The fraction of sp³-hybridized carbons (Fsp3) is 0.875. The Balaban J connectivity index is 1.50. The van der Waals surface area contributed by atoms with E-state index in [-0.39, 0.29) is 30.1 Å². The van der Waals surface area contributed by atoms with Gasteiger partial charge in [-0.2, -0.15) is 0 Å². The van der Waals surface area contributed by atoms with E-state index < -0.39 is 5.97 Å². The van der Waals surface area contributed by atoms with Crippen LogP contribution in [0.5, 0.6) is 0 Å². The Hall–Kier alpha value is -1.30. The molecule has 3 rings (SSSR count). The van der Waals surface area contributed by atoms with Gasteiger partial charge in [-0.1, -0.05) is 0 Å². The average molecular weight is 310 g/mol. The largest absolute Gasteiger partial charge is 0.481 e. The number of urea groups is 1. The van der Waals surface area contributed by atoms with Gasteiger partial charge in [-0.15, -0.1) is 0 Å². The van der Waals surface area contributed by atoms with Gasteiger partial charge in [0.05, 0.1) is 18.1 Å². The summed E-state index contributed by atoms with van der Waals surface area (Å²) < 4.78 is 5.76. The van der Waals surface area contributed by atoms with E-state index in [1.807, 2.05) is 4.90 Å². The van der Waals surface area contributed by atoms with Crippen molar-refractivity contribution in [3.8, 4) is 0 Å². The van der Waals surface area contributed by atoms with Crippen LogP contribution in [0.1, 0.15) is 51.4 Å². The van der Waals surface area contributed by atoms with Crippen LogP contribution in [0.15, 0.2) is 0 Å². The molecule has 0 radical (unpaired) electrons. The van der Waals surface area contributed by atoms with Crippen LogP contribution in [0.2, 0.25) is 0 Å². The first kappa shape index (κ1) is 15.6.